The minimum absolute atomic E-state index is 0.185. The van der Waals surface area contributed by atoms with E-state index in [0.29, 0.717) is 23.3 Å². The molecule has 19 heavy (non-hydrogen) atoms. The number of aryl methyl sites for hydroxylation is 1. The molecule has 2 aromatic rings. The highest BCUT2D eigenvalue weighted by Gasteiger charge is 2.10. The van der Waals surface area contributed by atoms with Crippen LogP contribution in [0.5, 0.6) is 0 Å². The van der Waals surface area contributed by atoms with Gasteiger partial charge in [0, 0.05) is 18.0 Å². The highest BCUT2D eigenvalue weighted by Crippen LogP contribution is 2.18. The van der Waals surface area contributed by atoms with E-state index in [2.05, 4.69) is 23.7 Å². The molecule has 0 aromatic carbocycles. The van der Waals surface area contributed by atoms with Gasteiger partial charge in [-0.2, -0.15) is 0 Å². The number of nitrogens with one attached hydrogen (secondary N) is 1. The molecular formula is C13H19N3O2S. The van der Waals surface area contributed by atoms with E-state index >= 15 is 0 Å². The zero-order valence-corrected chi connectivity index (χ0v) is 12.3. The molecule has 0 fully saturated rings. The molecule has 6 heteroatoms. The molecule has 0 saturated carbocycles. The second-order valence-corrected chi connectivity index (χ2v) is 5.77. The lowest BCUT2D eigenvalue weighted by molar-refractivity contribution is 0.287. The molecular weight excluding hydrogens is 262 g/mol. The third-order valence-corrected chi connectivity index (χ3v) is 4.30. The van der Waals surface area contributed by atoms with Crippen molar-refractivity contribution in [2.45, 2.75) is 27.3 Å². The summed E-state index contributed by atoms with van der Waals surface area (Å²) in [5.41, 5.74) is -0.498. The number of rotatable bonds is 5. The number of aromatic nitrogens is 2. The molecule has 0 aliphatic rings. The van der Waals surface area contributed by atoms with E-state index < -0.39 is 0 Å². The maximum absolute atomic E-state index is 12.3. The molecule has 2 heterocycles. The van der Waals surface area contributed by atoms with Gasteiger partial charge in [0.25, 0.3) is 5.56 Å². The fourth-order valence-corrected chi connectivity index (χ4v) is 3.05. The number of fused-ring (bicyclic) bond motifs is 1. The van der Waals surface area contributed by atoms with E-state index in [1.807, 2.05) is 13.0 Å². The van der Waals surface area contributed by atoms with Gasteiger partial charge in [0.15, 0.2) is 0 Å². The Morgan fingerprint density at radius 2 is 2.00 bits per heavy atom. The minimum Gasteiger partial charge on any atom is -0.302 e. The van der Waals surface area contributed by atoms with Crippen LogP contribution in [0, 0.1) is 6.92 Å². The van der Waals surface area contributed by atoms with Crippen molar-refractivity contribution in [2.75, 3.05) is 19.6 Å². The summed E-state index contributed by atoms with van der Waals surface area (Å²) in [4.78, 5) is 30.9. The van der Waals surface area contributed by atoms with Gasteiger partial charge in [-0.1, -0.05) is 13.8 Å². The van der Waals surface area contributed by atoms with Gasteiger partial charge < -0.3 is 4.90 Å². The molecule has 104 valence electrons. The topological polar surface area (TPSA) is 58.1 Å². The molecule has 0 amide bonds. The van der Waals surface area contributed by atoms with E-state index in [0.717, 1.165) is 18.0 Å². The Balaban J connectivity index is 2.38. The molecule has 0 atom stereocenters. The Hall–Kier alpha value is -1.40. The molecule has 2 rings (SSSR count). The Morgan fingerprint density at radius 1 is 1.32 bits per heavy atom. The second kappa shape index (κ2) is 5.71. The van der Waals surface area contributed by atoms with Crippen LogP contribution in [0.15, 0.2) is 15.7 Å². The number of hydrogen-bond acceptors (Lipinski definition) is 4. The average molecular weight is 281 g/mol. The highest BCUT2D eigenvalue weighted by molar-refractivity contribution is 7.18. The lowest BCUT2D eigenvalue weighted by Gasteiger charge is -2.17. The van der Waals surface area contributed by atoms with Crippen molar-refractivity contribution in [1.82, 2.24) is 14.5 Å². The molecule has 2 aromatic heterocycles. The quantitative estimate of drug-likeness (QED) is 0.901. The zero-order chi connectivity index (χ0) is 14.0. The van der Waals surface area contributed by atoms with E-state index in [9.17, 15) is 9.59 Å². The zero-order valence-electron chi connectivity index (χ0n) is 11.5. The summed E-state index contributed by atoms with van der Waals surface area (Å²) < 4.78 is 1.30. The molecule has 0 aliphatic carbocycles. The number of H-pyrrole nitrogens is 1. The first-order chi connectivity index (χ1) is 9.06. The first-order valence-corrected chi connectivity index (χ1v) is 7.34. The monoisotopic (exact) mass is 281 g/mol. The first kappa shape index (κ1) is 14.0. The van der Waals surface area contributed by atoms with Crippen molar-refractivity contribution >= 4 is 21.6 Å². The summed E-state index contributed by atoms with van der Waals surface area (Å²) in [6.45, 7) is 9.06. The normalized spacial score (nSPS) is 11.6. The van der Waals surface area contributed by atoms with Gasteiger partial charge in [-0.05, 0) is 26.1 Å². The number of aromatic amines is 1. The second-order valence-electron chi connectivity index (χ2n) is 4.51. The summed E-state index contributed by atoms with van der Waals surface area (Å²) >= 11 is 1.44. The Kier molecular flexibility index (Phi) is 4.21. The first-order valence-electron chi connectivity index (χ1n) is 6.52. The lowest BCUT2D eigenvalue weighted by atomic mass is 10.3. The largest absolute Gasteiger partial charge is 0.329 e. The van der Waals surface area contributed by atoms with Gasteiger partial charge in [0.05, 0.1) is 5.39 Å². The summed E-state index contributed by atoms with van der Waals surface area (Å²) in [5.74, 6) is 0. The van der Waals surface area contributed by atoms with Crippen LogP contribution >= 0.6 is 11.3 Å². The van der Waals surface area contributed by atoms with Crippen LogP contribution in [-0.4, -0.2) is 34.1 Å². The van der Waals surface area contributed by atoms with Gasteiger partial charge in [-0.15, -0.1) is 11.3 Å². The number of thiophene rings is 1. The Morgan fingerprint density at radius 3 is 2.63 bits per heavy atom. The molecule has 0 aliphatic heterocycles. The molecule has 0 saturated heterocycles. The fourth-order valence-electron chi connectivity index (χ4n) is 2.15. The van der Waals surface area contributed by atoms with Gasteiger partial charge in [-0.3, -0.25) is 14.3 Å². The van der Waals surface area contributed by atoms with Crippen LogP contribution < -0.4 is 11.2 Å². The smallest absolute Gasteiger partial charge is 0.302 e. The van der Waals surface area contributed by atoms with E-state index in [4.69, 9.17) is 0 Å². The van der Waals surface area contributed by atoms with Crippen LogP contribution in [0.4, 0.5) is 0 Å². The maximum Gasteiger partial charge on any atom is 0.329 e. The third-order valence-electron chi connectivity index (χ3n) is 3.33. The van der Waals surface area contributed by atoms with Crippen molar-refractivity contribution in [3.05, 3.63) is 31.8 Å². The fraction of sp³-hybridized carbons (Fsp3) is 0.538. The van der Waals surface area contributed by atoms with Crippen LogP contribution in [0.3, 0.4) is 0 Å². The summed E-state index contributed by atoms with van der Waals surface area (Å²) in [7, 11) is 0. The molecule has 0 unspecified atom stereocenters. The van der Waals surface area contributed by atoms with Crippen LogP contribution in [0.2, 0.25) is 0 Å². The predicted molar refractivity (Wildman–Crippen MR) is 79.2 cm³/mol. The van der Waals surface area contributed by atoms with Gasteiger partial charge in [0.1, 0.15) is 4.83 Å². The summed E-state index contributed by atoms with van der Waals surface area (Å²) in [5, 5.41) is 0.613. The van der Waals surface area contributed by atoms with Crippen LogP contribution in [0.1, 0.15) is 18.7 Å². The van der Waals surface area contributed by atoms with Crippen molar-refractivity contribution in [1.29, 1.82) is 0 Å². The van der Waals surface area contributed by atoms with Crippen molar-refractivity contribution in [3.8, 4) is 0 Å². The van der Waals surface area contributed by atoms with E-state index in [1.165, 1.54) is 15.9 Å². The number of likely N-dealkylation sites (N-methyl/N-ethyl adjacent to an activating group) is 1. The Labute approximate surface area is 115 Å². The van der Waals surface area contributed by atoms with Gasteiger partial charge >= 0.3 is 5.69 Å². The number of nitrogens with zero attached hydrogens (tertiary/aromatic N) is 2. The summed E-state index contributed by atoms with van der Waals surface area (Å²) in [6, 6.07) is 1.84. The average Bonchev–Trinajstić information content (AvgIpc) is 2.74. The highest BCUT2D eigenvalue weighted by atomic mass is 32.1. The SMILES string of the molecule is CCN(CC)CCn1c(=O)[nH]c2sc(C)cc2c1=O. The van der Waals surface area contributed by atoms with E-state index in [-0.39, 0.29) is 11.2 Å². The van der Waals surface area contributed by atoms with Gasteiger partial charge in [-0.25, -0.2) is 4.79 Å². The Bertz CT molecular complexity index is 679. The minimum atomic E-state index is -0.313. The summed E-state index contributed by atoms with van der Waals surface area (Å²) in [6.07, 6.45) is 0. The maximum atomic E-state index is 12.3. The van der Waals surface area contributed by atoms with Gasteiger partial charge in [0.2, 0.25) is 0 Å². The molecule has 1 N–H and O–H groups in total. The van der Waals surface area contributed by atoms with E-state index in [1.54, 1.807) is 0 Å². The third kappa shape index (κ3) is 2.79. The molecule has 0 bridgehead atoms. The molecule has 0 spiro atoms. The van der Waals surface area contributed by atoms with Crippen LogP contribution in [-0.2, 0) is 6.54 Å². The molecule has 0 radical (unpaired) electrons. The number of hydrogen-bond donors (Lipinski definition) is 1. The standard InChI is InChI=1S/C13H19N3O2S/c1-4-15(5-2)6-7-16-12(17)10-8-9(3)19-11(10)14-13(16)18/h8H,4-7H2,1-3H3,(H,14,18). The van der Waals surface area contributed by atoms with Crippen LogP contribution in [0.25, 0.3) is 10.2 Å². The predicted octanol–water partition coefficient (Wildman–Crippen LogP) is 1.40. The lowest BCUT2D eigenvalue weighted by Crippen LogP contribution is -2.38. The van der Waals surface area contributed by atoms with Crippen molar-refractivity contribution in [3.63, 3.8) is 0 Å². The molecule has 5 nitrogen and oxygen atoms in total. The van der Waals surface area contributed by atoms with Crippen molar-refractivity contribution in [2.24, 2.45) is 0 Å². The van der Waals surface area contributed by atoms with Crippen molar-refractivity contribution < 1.29 is 0 Å².